The van der Waals surface area contributed by atoms with Crippen LogP contribution in [0.15, 0.2) is 11.1 Å². The molecule has 3 heteroatoms. The van der Waals surface area contributed by atoms with Crippen LogP contribution in [0.2, 0.25) is 0 Å². The zero-order valence-electron chi connectivity index (χ0n) is 16.2. The fourth-order valence-corrected chi connectivity index (χ4v) is 7.52. The van der Waals surface area contributed by atoms with Gasteiger partial charge in [-0.25, -0.2) is 0 Å². The van der Waals surface area contributed by atoms with Crippen LogP contribution in [0.25, 0.3) is 0 Å². The van der Waals surface area contributed by atoms with Crippen molar-refractivity contribution in [3.63, 3.8) is 0 Å². The average Bonchev–Trinajstić information content (AvgIpc) is 2.83. The molecule has 4 rings (SSSR count). The molecule has 3 fully saturated rings. The summed E-state index contributed by atoms with van der Waals surface area (Å²) in [6, 6.07) is 0. The minimum Gasteiger partial charge on any atom is -0.382 e. The van der Waals surface area contributed by atoms with Crippen molar-refractivity contribution in [1.29, 1.82) is 0 Å². The first-order valence-electron chi connectivity index (χ1n) is 10.1. The van der Waals surface area contributed by atoms with E-state index in [1.54, 1.807) is 6.92 Å². The van der Waals surface area contributed by atoms with Crippen molar-refractivity contribution in [2.24, 2.45) is 28.6 Å². The van der Waals surface area contributed by atoms with Gasteiger partial charge in [-0.15, -0.1) is 0 Å². The molecule has 0 heterocycles. The monoisotopic (exact) mass is 344 g/mol. The molecule has 0 aromatic heterocycles. The van der Waals surface area contributed by atoms with Crippen LogP contribution in [0.1, 0.15) is 79.1 Å². The minimum absolute atomic E-state index is 0.0470. The van der Waals surface area contributed by atoms with E-state index in [0.29, 0.717) is 36.4 Å². The molecule has 4 aliphatic rings. The maximum absolute atomic E-state index is 12.3. The molecule has 1 N–H and O–H groups in total. The Hall–Kier alpha value is -0.960. The predicted octanol–water partition coefficient (Wildman–Crippen LogP) is 4.23. The minimum atomic E-state index is -1.13. The number of carbonyl (C=O) groups is 2. The third kappa shape index (κ3) is 2.08. The van der Waals surface area contributed by atoms with Gasteiger partial charge < -0.3 is 5.11 Å². The van der Waals surface area contributed by atoms with Crippen LogP contribution >= 0.6 is 0 Å². The molecule has 6 atom stereocenters. The lowest BCUT2D eigenvalue weighted by Gasteiger charge is -2.59. The number of ketones is 2. The Bertz CT molecular complexity index is 677. The van der Waals surface area contributed by atoms with E-state index in [-0.39, 0.29) is 16.6 Å². The van der Waals surface area contributed by atoms with Gasteiger partial charge in [0.05, 0.1) is 0 Å². The van der Waals surface area contributed by atoms with E-state index >= 15 is 0 Å². The van der Waals surface area contributed by atoms with Gasteiger partial charge in [0, 0.05) is 18.3 Å². The van der Waals surface area contributed by atoms with E-state index in [4.69, 9.17) is 0 Å². The third-order valence-corrected chi connectivity index (χ3v) is 9.03. The van der Waals surface area contributed by atoms with Crippen LogP contribution in [0.5, 0.6) is 0 Å². The summed E-state index contributed by atoms with van der Waals surface area (Å²) in [6.07, 6.45) is 7.01. The SMILES string of the molecule is CC(=O)C1(O)CCC2C3CC(C)=C4CC(=O)CCC4(C)C3CCC21C. The first kappa shape index (κ1) is 17.5. The second kappa shape index (κ2) is 5.28. The molecular weight excluding hydrogens is 312 g/mol. The first-order chi connectivity index (χ1) is 11.6. The van der Waals surface area contributed by atoms with E-state index in [9.17, 15) is 14.7 Å². The lowest BCUT2D eigenvalue weighted by atomic mass is 9.46. The molecule has 0 bridgehead atoms. The summed E-state index contributed by atoms with van der Waals surface area (Å²) >= 11 is 0. The molecule has 0 saturated heterocycles. The van der Waals surface area contributed by atoms with E-state index < -0.39 is 5.60 Å². The highest BCUT2D eigenvalue weighted by molar-refractivity contribution is 5.86. The summed E-state index contributed by atoms with van der Waals surface area (Å²) in [7, 11) is 0. The van der Waals surface area contributed by atoms with Gasteiger partial charge in [-0.05, 0) is 75.5 Å². The summed E-state index contributed by atoms with van der Waals surface area (Å²) in [5, 5.41) is 11.2. The summed E-state index contributed by atoms with van der Waals surface area (Å²) in [5.41, 5.74) is 1.58. The molecule has 6 unspecified atom stereocenters. The molecule has 0 aromatic carbocycles. The van der Waals surface area contributed by atoms with Crippen molar-refractivity contribution in [1.82, 2.24) is 0 Å². The van der Waals surface area contributed by atoms with Gasteiger partial charge in [0.2, 0.25) is 0 Å². The zero-order valence-corrected chi connectivity index (χ0v) is 16.2. The van der Waals surface area contributed by atoms with E-state index in [1.807, 2.05) is 0 Å². The summed E-state index contributed by atoms with van der Waals surface area (Å²) in [6.45, 7) is 8.35. The van der Waals surface area contributed by atoms with Crippen molar-refractivity contribution in [2.75, 3.05) is 0 Å². The van der Waals surface area contributed by atoms with E-state index in [1.165, 1.54) is 11.1 Å². The van der Waals surface area contributed by atoms with Gasteiger partial charge in [0.1, 0.15) is 11.4 Å². The highest BCUT2D eigenvalue weighted by atomic mass is 16.3. The van der Waals surface area contributed by atoms with Gasteiger partial charge >= 0.3 is 0 Å². The van der Waals surface area contributed by atoms with Gasteiger partial charge in [0.15, 0.2) is 5.78 Å². The molecule has 4 aliphatic carbocycles. The lowest BCUT2D eigenvalue weighted by molar-refractivity contribution is -0.159. The maximum atomic E-state index is 12.3. The number of allylic oxidation sites excluding steroid dienone is 2. The highest BCUT2D eigenvalue weighted by Gasteiger charge is 2.65. The molecule has 3 nitrogen and oxygen atoms in total. The fourth-order valence-electron chi connectivity index (χ4n) is 7.52. The molecule has 0 aromatic rings. The number of fused-ring (bicyclic) bond motifs is 5. The second-order valence-corrected chi connectivity index (χ2v) is 9.88. The molecule has 3 saturated carbocycles. The Kier molecular flexibility index (Phi) is 3.69. The second-order valence-electron chi connectivity index (χ2n) is 9.88. The normalized spacial score (nSPS) is 49.5. The highest BCUT2D eigenvalue weighted by Crippen LogP contribution is 2.67. The van der Waals surface area contributed by atoms with Crippen molar-refractivity contribution >= 4 is 11.6 Å². The Balaban J connectivity index is 1.75. The van der Waals surface area contributed by atoms with Crippen molar-refractivity contribution in [3.8, 4) is 0 Å². The predicted molar refractivity (Wildman–Crippen MR) is 97.0 cm³/mol. The lowest BCUT2D eigenvalue weighted by Crippen LogP contribution is -2.57. The quantitative estimate of drug-likeness (QED) is 0.724. The van der Waals surface area contributed by atoms with Gasteiger partial charge in [-0.3, -0.25) is 9.59 Å². The molecule has 0 aliphatic heterocycles. The third-order valence-electron chi connectivity index (χ3n) is 9.03. The molecule has 0 spiro atoms. The largest absolute Gasteiger partial charge is 0.382 e. The summed E-state index contributed by atoms with van der Waals surface area (Å²) in [5.74, 6) is 1.93. The molecular formula is C22H32O3. The number of carbonyl (C=O) groups excluding carboxylic acids is 2. The molecule has 138 valence electrons. The van der Waals surface area contributed by atoms with Crippen LogP contribution in [0.4, 0.5) is 0 Å². The standard InChI is InChI=1S/C22H32O3/c1-13-11-16-17(20(3)8-5-15(24)12-19(13)20)6-9-21(4)18(16)7-10-22(21,25)14(2)23/h16-18,25H,5-12H2,1-4H3. The van der Waals surface area contributed by atoms with E-state index in [0.717, 1.165) is 38.5 Å². The topological polar surface area (TPSA) is 54.4 Å². The van der Waals surface area contributed by atoms with Crippen molar-refractivity contribution in [2.45, 2.75) is 84.7 Å². The van der Waals surface area contributed by atoms with Crippen LogP contribution < -0.4 is 0 Å². The van der Waals surface area contributed by atoms with E-state index in [2.05, 4.69) is 20.8 Å². The maximum Gasteiger partial charge on any atom is 0.161 e. The van der Waals surface area contributed by atoms with Crippen LogP contribution in [-0.4, -0.2) is 22.3 Å². The number of hydrogen-bond donors (Lipinski definition) is 1. The van der Waals surface area contributed by atoms with Gasteiger partial charge in [-0.2, -0.15) is 0 Å². The Morgan fingerprint density at radius 3 is 2.48 bits per heavy atom. The van der Waals surface area contributed by atoms with Crippen LogP contribution in [-0.2, 0) is 9.59 Å². The number of rotatable bonds is 1. The Morgan fingerprint density at radius 2 is 1.80 bits per heavy atom. The van der Waals surface area contributed by atoms with Gasteiger partial charge in [-0.1, -0.05) is 25.0 Å². The Labute approximate surface area is 151 Å². The zero-order chi connectivity index (χ0) is 18.2. The summed E-state index contributed by atoms with van der Waals surface area (Å²) in [4.78, 5) is 24.3. The fraction of sp³-hybridized carbons (Fsp3) is 0.818. The number of Topliss-reactive ketones (excluding diaryl/α,β-unsaturated/α-hetero) is 2. The molecule has 0 radical (unpaired) electrons. The smallest absolute Gasteiger partial charge is 0.161 e. The number of hydrogen-bond acceptors (Lipinski definition) is 3. The molecule has 0 amide bonds. The van der Waals surface area contributed by atoms with Crippen LogP contribution in [0.3, 0.4) is 0 Å². The Morgan fingerprint density at radius 1 is 1.12 bits per heavy atom. The summed E-state index contributed by atoms with van der Waals surface area (Å²) < 4.78 is 0. The number of aliphatic hydroxyl groups is 1. The van der Waals surface area contributed by atoms with Crippen LogP contribution in [0, 0.1) is 28.6 Å². The van der Waals surface area contributed by atoms with Crippen molar-refractivity contribution in [3.05, 3.63) is 11.1 Å². The first-order valence-corrected chi connectivity index (χ1v) is 10.1. The van der Waals surface area contributed by atoms with Crippen molar-refractivity contribution < 1.29 is 14.7 Å². The molecule has 25 heavy (non-hydrogen) atoms. The average molecular weight is 344 g/mol. The van der Waals surface area contributed by atoms with Gasteiger partial charge in [0.25, 0.3) is 0 Å².